The summed E-state index contributed by atoms with van der Waals surface area (Å²) in [5.41, 5.74) is 0. The fraction of sp³-hybridized carbons (Fsp3) is 0.737. The van der Waals surface area contributed by atoms with Crippen LogP contribution in [0.4, 0.5) is 0 Å². The maximum absolute atomic E-state index is 5.64. The van der Waals surface area contributed by atoms with Crippen molar-refractivity contribution in [2.45, 2.75) is 33.2 Å². The number of methoxy groups -OCH3 is 1. The molecule has 8 heteroatoms. The fourth-order valence-electron chi connectivity index (χ4n) is 2.68. The molecule has 0 bridgehead atoms. The number of furan rings is 1. The first-order chi connectivity index (χ1) is 12.8. The van der Waals surface area contributed by atoms with Gasteiger partial charge in [-0.15, -0.1) is 24.0 Å². The summed E-state index contributed by atoms with van der Waals surface area (Å²) in [7, 11) is 1.68. The third-order valence-electron chi connectivity index (χ3n) is 4.08. The third kappa shape index (κ3) is 10.9. The lowest BCUT2D eigenvalue weighted by molar-refractivity contribution is 0.0698. The molecule has 0 saturated heterocycles. The van der Waals surface area contributed by atoms with Gasteiger partial charge in [-0.3, -0.25) is 9.89 Å². The van der Waals surface area contributed by atoms with E-state index in [1.165, 1.54) is 0 Å². The average Bonchev–Trinajstić information content (AvgIpc) is 3.18. The van der Waals surface area contributed by atoms with E-state index < -0.39 is 0 Å². The first-order valence-electron chi connectivity index (χ1n) is 9.63. The number of ether oxygens (including phenoxy) is 2. The van der Waals surface area contributed by atoms with E-state index in [4.69, 9.17) is 18.9 Å². The Bertz CT molecular complexity index is 468. The highest BCUT2D eigenvalue weighted by Gasteiger charge is 2.20. The van der Waals surface area contributed by atoms with Crippen molar-refractivity contribution in [1.82, 2.24) is 15.5 Å². The number of nitrogens with one attached hydrogen (secondary N) is 2. The van der Waals surface area contributed by atoms with Gasteiger partial charge in [0.2, 0.25) is 0 Å². The first kappa shape index (κ1) is 26.2. The van der Waals surface area contributed by atoms with E-state index in [9.17, 15) is 0 Å². The summed E-state index contributed by atoms with van der Waals surface area (Å²) in [5.74, 6) is 1.79. The number of rotatable bonds is 14. The Hall–Kier alpha value is -0.840. The van der Waals surface area contributed by atoms with Gasteiger partial charge in [0.1, 0.15) is 5.76 Å². The van der Waals surface area contributed by atoms with Crippen LogP contribution in [-0.4, -0.2) is 70.5 Å². The van der Waals surface area contributed by atoms with Crippen LogP contribution in [0, 0.1) is 0 Å². The number of hydrogen-bond donors (Lipinski definition) is 2. The van der Waals surface area contributed by atoms with Gasteiger partial charge < -0.3 is 24.5 Å². The molecule has 27 heavy (non-hydrogen) atoms. The molecule has 1 atom stereocenters. The van der Waals surface area contributed by atoms with E-state index in [0.717, 1.165) is 44.3 Å². The van der Waals surface area contributed by atoms with Crippen LogP contribution >= 0.6 is 24.0 Å². The number of nitrogens with zero attached hydrogens (tertiary/aromatic N) is 2. The Balaban J connectivity index is 0.00000676. The quantitative estimate of drug-likeness (QED) is 0.179. The van der Waals surface area contributed by atoms with Crippen molar-refractivity contribution in [3.8, 4) is 0 Å². The molecule has 1 aromatic rings. The largest absolute Gasteiger partial charge is 0.468 e. The van der Waals surface area contributed by atoms with E-state index >= 15 is 0 Å². The highest BCUT2D eigenvalue weighted by Crippen LogP contribution is 2.21. The van der Waals surface area contributed by atoms with Crippen LogP contribution in [0.25, 0.3) is 0 Å². The van der Waals surface area contributed by atoms with Gasteiger partial charge in [-0.25, -0.2) is 0 Å². The van der Waals surface area contributed by atoms with E-state index in [0.29, 0.717) is 26.4 Å². The molecule has 0 aliphatic heterocycles. The summed E-state index contributed by atoms with van der Waals surface area (Å²) in [6.07, 6.45) is 2.65. The zero-order valence-corrected chi connectivity index (χ0v) is 19.5. The summed E-state index contributed by atoms with van der Waals surface area (Å²) < 4.78 is 16.1. The Morgan fingerprint density at radius 3 is 2.56 bits per heavy atom. The molecule has 1 aromatic heterocycles. The number of hydrogen-bond acceptors (Lipinski definition) is 5. The van der Waals surface area contributed by atoms with Crippen molar-refractivity contribution in [2.24, 2.45) is 4.99 Å². The van der Waals surface area contributed by atoms with Gasteiger partial charge in [-0.1, -0.05) is 13.8 Å². The summed E-state index contributed by atoms with van der Waals surface area (Å²) in [5, 5.41) is 6.66. The first-order valence-corrected chi connectivity index (χ1v) is 9.63. The number of likely N-dealkylation sites (N-methyl/N-ethyl adjacent to an activating group) is 1. The van der Waals surface area contributed by atoms with Crippen molar-refractivity contribution in [3.05, 3.63) is 24.2 Å². The molecule has 7 nitrogen and oxygen atoms in total. The van der Waals surface area contributed by atoms with E-state index in [1.54, 1.807) is 13.4 Å². The lowest BCUT2D eigenvalue weighted by Gasteiger charge is -2.27. The van der Waals surface area contributed by atoms with Crippen molar-refractivity contribution in [1.29, 1.82) is 0 Å². The Morgan fingerprint density at radius 2 is 1.96 bits per heavy atom. The highest BCUT2D eigenvalue weighted by molar-refractivity contribution is 14.0. The molecule has 0 aliphatic rings. The van der Waals surface area contributed by atoms with E-state index in [-0.39, 0.29) is 30.0 Å². The number of aliphatic imine (C=N–C) groups is 1. The molecule has 1 rings (SSSR count). The highest BCUT2D eigenvalue weighted by atomic mass is 127. The van der Waals surface area contributed by atoms with Gasteiger partial charge >= 0.3 is 0 Å². The third-order valence-corrected chi connectivity index (χ3v) is 4.08. The molecule has 0 amide bonds. The maximum Gasteiger partial charge on any atom is 0.191 e. The van der Waals surface area contributed by atoms with Gasteiger partial charge in [-0.2, -0.15) is 0 Å². The minimum absolute atomic E-state index is 0. The zero-order valence-electron chi connectivity index (χ0n) is 17.2. The van der Waals surface area contributed by atoms with Crippen molar-refractivity contribution < 1.29 is 13.9 Å². The molecule has 2 N–H and O–H groups in total. The smallest absolute Gasteiger partial charge is 0.191 e. The van der Waals surface area contributed by atoms with Crippen molar-refractivity contribution >= 4 is 29.9 Å². The van der Waals surface area contributed by atoms with E-state index in [2.05, 4.69) is 36.3 Å². The Morgan fingerprint density at radius 1 is 1.19 bits per heavy atom. The van der Waals surface area contributed by atoms with Gasteiger partial charge in [0.15, 0.2) is 5.96 Å². The van der Waals surface area contributed by atoms with Crippen molar-refractivity contribution in [3.63, 3.8) is 0 Å². The van der Waals surface area contributed by atoms with Gasteiger partial charge in [0, 0.05) is 26.8 Å². The predicted octanol–water partition coefficient (Wildman–Crippen LogP) is 2.89. The molecule has 0 spiro atoms. The van der Waals surface area contributed by atoms with Gasteiger partial charge in [0.05, 0.1) is 32.1 Å². The second-order valence-electron chi connectivity index (χ2n) is 5.86. The second-order valence-corrected chi connectivity index (χ2v) is 5.86. The minimum atomic E-state index is 0. The van der Waals surface area contributed by atoms with Crippen LogP contribution in [-0.2, 0) is 9.47 Å². The molecule has 0 saturated carbocycles. The SMILES string of the molecule is CCNC(=NCC(c1ccco1)N(CC)CC)NCCCOCCOC.I. The molecular formula is C19H37IN4O3. The van der Waals surface area contributed by atoms with E-state index in [1.807, 2.05) is 12.1 Å². The summed E-state index contributed by atoms with van der Waals surface area (Å²) >= 11 is 0. The van der Waals surface area contributed by atoms with Crippen LogP contribution in [0.5, 0.6) is 0 Å². The monoisotopic (exact) mass is 496 g/mol. The fourth-order valence-corrected chi connectivity index (χ4v) is 2.68. The molecule has 158 valence electrons. The van der Waals surface area contributed by atoms with Crippen LogP contribution < -0.4 is 10.6 Å². The molecule has 0 aliphatic carbocycles. The summed E-state index contributed by atoms with van der Waals surface area (Å²) in [6, 6.07) is 4.10. The summed E-state index contributed by atoms with van der Waals surface area (Å²) in [4.78, 5) is 7.12. The molecule has 0 fully saturated rings. The standard InChI is InChI=1S/C19H36N4O3.HI/c1-5-20-19(21-11-9-12-25-15-14-24-4)22-16-17(23(6-2)7-3)18-10-8-13-26-18;/h8,10,13,17H,5-7,9,11-12,14-16H2,1-4H3,(H2,20,21,22);1H. The van der Waals surface area contributed by atoms with Crippen LogP contribution in [0.15, 0.2) is 27.8 Å². The molecule has 1 unspecified atom stereocenters. The second kappa shape index (κ2) is 17.3. The lowest BCUT2D eigenvalue weighted by Crippen LogP contribution is -2.39. The Labute approximate surface area is 181 Å². The van der Waals surface area contributed by atoms with Crippen LogP contribution in [0.3, 0.4) is 0 Å². The van der Waals surface area contributed by atoms with Gasteiger partial charge in [0.25, 0.3) is 0 Å². The molecule has 1 heterocycles. The zero-order chi connectivity index (χ0) is 19.0. The topological polar surface area (TPSA) is 71.3 Å². The predicted molar refractivity (Wildman–Crippen MR) is 121 cm³/mol. The van der Waals surface area contributed by atoms with Crippen LogP contribution in [0.2, 0.25) is 0 Å². The van der Waals surface area contributed by atoms with Crippen molar-refractivity contribution in [2.75, 3.05) is 59.7 Å². The summed E-state index contributed by atoms with van der Waals surface area (Å²) in [6.45, 7) is 12.6. The molecular weight excluding hydrogens is 459 g/mol. The molecule has 0 radical (unpaired) electrons. The number of halogens is 1. The van der Waals surface area contributed by atoms with Gasteiger partial charge in [-0.05, 0) is 38.6 Å². The maximum atomic E-state index is 5.64. The minimum Gasteiger partial charge on any atom is -0.468 e. The van der Waals surface area contributed by atoms with Crippen LogP contribution in [0.1, 0.15) is 39.0 Å². The normalized spacial score (nSPS) is 12.7. The lowest BCUT2D eigenvalue weighted by atomic mass is 10.2. The number of guanidine groups is 1. The average molecular weight is 496 g/mol. The molecule has 0 aromatic carbocycles. The Kier molecular flexibility index (Phi) is 16.7.